The van der Waals surface area contributed by atoms with Gasteiger partial charge in [0.1, 0.15) is 0 Å². The number of alkyl halides is 1. The molecule has 0 aromatic carbocycles. The van der Waals surface area contributed by atoms with Gasteiger partial charge in [-0.2, -0.15) is 0 Å². The third kappa shape index (κ3) is 3.10. The molecule has 1 aliphatic heterocycles. The van der Waals surface area contributed by atoms with Crippen molar-refractivity contribution in [3.63, 3.8) is 0 Å². The summed E-state index contributed by atoms with van der Waals surface area (Å²) in [5.74, 6) is 0.799. The Morgan fingerprint density at radius 2 is 2.11 bits per heavy atom. The number of aromatic nitrogens is 1. The molecule has 0 N–H and O–H groups in total. The van der Waals surface area contributed by atoms with Crippen molar-refractivity contribution in [2.45, 2.75) is 31.5 Å². The van der Waals surface area contributed by atoms with Crippen molar-refractivity contribution >= 4 is 21.8 Å². The number of likely N-dealkylation sites (tertiary alicyclic amines) is 1. The number of aryl methyl sites for hydroxylation is 1. The minimum Gasteiger partial charge on any atom is -0.339 e. The van der Waals surface area contributed by atoms with Crippen LogP contribution in [0, 0.1) is 12.8 Å². The normalized spacial score (nSPS) is 18.7. The quantitative estimate of drug-likeness (QED) is 0.787. The van der Waals surface area contributed by atoms with Crippen LogP contribution in [0.4, 0.5) is 0 Å². The van der Waals surface area contributed by atoms with Crippen molar-refractivity contribution in [2.24, 2.45) is 5.92 Å². The molecule has 1 aromatic rings. The SMILES string of the molecule is Cc1ccc(C(=O)N2CCC(C(C)Br)CC2)cn1. The molecule has 3 nitrogen and oxygen atoms in total. The van der Waals surface area contributed by atoms with Crippen molar-refractivity contribution in [2.75, 3.05) is 13.1 Å². The molecule has 18 heavy (non-hydrogen) atoms. The average Bonchev–Trinajstić information content (AvgIpc) is 2.39. The molecule has 98 valence electrons. The number of halogens is 1. The third-order valence-corrected chi connectivity index (χ3v) is 4.38. The Morgan fingerprint density at radius 1 is 1.44 bits per heavy atom. The van der Waals surface area contributed by atoms with Crippen LogP contribution in [0.25, 0.3) is 0 Å². The molecule has 0 aliphatic carbocycles. The summed E-state index contributed by atoms with van der Waals surface area (Å²) >= 11 is 3.63. The molecule has 1 unspecified atom stereocenters. The Kier molecular flexibility index (Phi) is 4.38. The van der Waals surface area contributed by atoms with Gasteiger partial charge in [0.2, 0.25) is 0 Å². The fourth-order valence-corrected chi connectivity index (χ4v) is 2.87. The molecule has 1 aliphatic rings. The summed E-state index contributed by atoms with van der Waals surface area (Å²) in [5, 5.41) is 0. The second-order valence-corrected chi connectivity index (χ2v) is 6.44. The Balaban J connectivity index is 1.97. The topological polar surface area (TPSA) is 33.2 Å². The first-order valence-corrected chi connectivity index (χ1v) is 7.35. The zero-order valence-corrected chi connectivity index (χ0v) is 12.5. The summed E-state index contributed by atoms with van der Waals surface area (Å²) in [7, 11) is 0. The maximum Gasteiger partial charge on any atom is 0.255 e. The first-order chi connectivity index (χ1) is 8.58. The summed E-state index contributed by atoms with van der Waals surface area (Å²) < 4.78 is 0. The summed E-state index contributed by atoms with van der Waals surface area (Å²) in [6.45, 7) is 5.82. The van der Waals surface area contributed by atoms with Crippen LogP contribution in [0.15, 0.2) is 18.3 Å². The number of hydrogen-bond acceptors (Lipinski definition) is 2. The summed E-state index contributed by atoms with van der Waals surface area (Å²) in [5.41, 5.74) is 1.64. The van der Waals surface area contributed by atoms with Crippen LogP contribution >= 0.6 is 15.9 Å². The van der Waals surface area contributed by atoms with Gasteiger partial charge in [-0.25, -0.2) is 0 Å². The standard InChI is InChI=1S/C14H19BrN2O/c1-10-3-4-13(9-16-10)14(18)17-7-5-12(6-8-17)11(2)15/h3-4,9,11-12H,5-8H2,1-2H3. The van der Waals surface area contributed by atoms with Crippen molar-refractivity contribution in [1.29, 1.82) is 0 Å². The van der Waals surface area contributed by atoms with Crippen LogP contribution in [0.1, 0.15) is 35.8 Å². The van der Waals surface area contributed by atoms with E-state index in [0.717, 1.165) is 31.6 Å². The van der Waals surface area contributed by atoms with Crippen LogP contribution in [0.5, 0.6) is 0 Å². The molecule has 2 rings (SSSR count). The number of nitrogens with zero attached hydrogens (tertiary/aromatic N) is 2. The Hall–Kier alpha value is -0.900. The monoisotopic (exact) mass is 310 g/mol. The molecule has 1 amide bonds. The molecule has 0 saturated carbocycles. The highest BCUT2D eigenvalue weighted by atomic mass is 79.9. The van der Waals surface area contributed by atoms with Gasteiger partial charge in [-0.15, -0.1) is 0 Å². The van der Waals surface area contributed by atoms with Crippen molar-refractivity contribution < 1.29 is 4.79 Å². The Labute approximate surface area is 117 Å². The van der Waals surface area contributed by atoms with Gasteiger partial charge >= 0.3 is 0 Å². The smallest absolute Gasteiger partial charge is 0.255 e. The minimum absolute atomic E-state index is 0.114. The van der Waals surface area contributed by atoms with Crippen LogP contribution in [0.2, 0.25) is 0 Å². The molecule has 0 spiro atoms. The van der Waals surface area contributed by atoms with E-state index in [9.17, 15) is 4.79 Å². The summed E-state index contributed by atoms with van der Waals surface area (Å²) in [6.07, 6.45) is 3.84. The Bertz CT molecular complexity index is 408. The van der Waals surface area contributed by atoms with Gasteiger partial charge < -0.3 is 4.90 Å². The zero-order chi connectivity index (χ0) is 13.1. The fraction of sp³-hybridized carbons (Fsp3) is 0.571. The second kappa shape index (κ2) is 5.83. The lowest BCUT2D eigenvalue weighted by Crippen LogP contribution is -2.40. The van der Waals surface area contributed by atoms with Crippen molar-refractivity contribution in [3.8, 4) is 0 Å². The lowest BCUT2D eigenvalue weighted by atomic mass is 9.94. The second-order valence-electron chi connectivity index (χ2n) is 5.00. The maximum atomic E-state index is 12.3. The summed E-state index contributed by atoms with van der Waals surface area (Å²) in [4.78, 5) is 18.9. The molecule has 4 heteroatoms. The number of rotatable bonds is 2. The molecule has 0 radical (unpaired) electrons. The van der Waals surface area contributed by atoms with Gasteiger partial charge in [0.05, 0.1) is 5.56 Å². The highest BCUT2D eigenvalue weighted by Gasteiger charge is 2.25. The van der Waals surface area contributed by atoms with E-state index in [0.29, 0.717) is 16.3 Å². The minimum atomic E-state index is 0.114. The number of carbonyl (C=O) groups excluding carboxylic acids is 1. The first kappa shape index (κ1) is 13.5. The van der Waals surface area contributed by atoms with Gasteiger partial charge in [-0.3, -0.25) is 9.78 Å². The van der Waals surface area contributed by atoms with E-state index in [1.165, 1.54) is 0 Å². The number of amides is 1. The molecular weight excluding hydrogens is 292 g/mol. The number of carbonyl (C=O) groups is 1. The van der Waals surface area contributed by atoms with E-state index in [1.807, 2.05) is 24.0 Å². The molecule has 1 aromatic heterocycles. The molecular formula is C14H19BrN2O. The zero-order valence-electron chi connectivity index (χ0n) is 10.9. The molecule has 0 bridgehead atoms. The van der Waals surface area contributed by atoms with Gasteiger partial charge in [-0.1, -0.05) is 22.9 Å². The Morgan fingerprint density at radius 3 is 2.61 bits per heavy atom. The summed E-state index contributed by atoms with van der Waals surface area (Å²) in [6, 6.07) is 3.75. The number of piperidine rings is 1. The molecule has 1 saturated heterocycles. The van der Waals surface area contributed by atoms with Crippen molar-refractivity contribution in [3.05, 3.63) is 29.6 Å². The van der Waals surface area contributed by atoms with E-state index < -0.39 is 0 Å². The van der Waals surface area contributed by atoms with Crippen molar-refractivity contribution in [1.82, 2.24) is 9.88 Å². The lowest BCUT2D eigenvalue weighted by Gasteiger charge is -2.33. The highest BCUT2D eigenvalue weighted by molar-refractivity contribution is 9.09. The van der Waals surface area contributed by atoms with E-state index >= 15 is 0 Å². The molecule has 2 heterocycles. The predicted octanol–water partition coefficient (Wildman–Crippen LogP) is 3.03. The highest BCUT2D eigenvalue weighted by Crippen LogP contribution is 2.25. The van der Waals surface area contributed by atoms with E-state index in [2.05, 4.69) is 27.8 Å². The van der Waals surface area contributed by atoms with Crippen LogP contribution in [-0.4, -0.2) is 33.7 Å². The molecule has 1 fully saturated rings. The van der Waals surface area contributed by atoms with E-state index in [1.54, 1.807) is 6.20 Å². The number of hydrogen-bond donors (Lipinski definition) is 0. The van der Waals surface area contributed by atoms with Gasteiger partial charge in [-0.05, 0) is 37.8 Å². The number of pyridine rings is 1. The van der Waals surface area contributed by atoms with Gasteiger partial charge in [0.15, 0.2) is 0 Å². The third-order valence-electron chi connectivity index (χ3n) is 3.63. The van der Waals surface area contributed by atoms with Gasteiger partial charge in [0.25, 0.3) is 5.91 Å². The first-order valence-electron chi connectivity index (χ1n) is 6.44. The fourth-order valence-electron chi connectivity index (χ4n) is 2.34. The largest absolute Gasteiger partial charge is 0.339 e. The average molecular weight is 311 g/mol. The van der Waals surface area contributed by atoms with Crippen LogP contribution < -0.4 is 0 Å². The van der Waals surface area contributed by atoms with Gasteiger partial charge in [0, 0.05) is 29.8 Å². The van der Waals surface area contributed by atoms with E-state index in [4.69, 9.17) is 0 Å². The lowest BCUT2D eigenvalue weighted by molar-refractivity contribution is 0.0691. The molecule has 1 atom stereocenters. The predicted molar refractivity (Wildman–Crippen MR) is 76.0 cm³/mol. The van der Waals surface area contributed by atoms with Crippen LogP contribution in [-0.2, 0) is 0 Å². The maximum absolute atomic E-state index is 12.3. The van der Waals surface area contributed by atoms with Crippen LogP contribution in [0.3, 0.4) is 0 Å². The van der Waals surface area contributed by atoms with E-state index in [-0.39, 0.29) is 5.91 Å².